The van der Waals surface area contributed by atoms with Gasteiger partial charge in [0.1, 0.15) is 6.33 Å². The van der Waals surface area contributed by atoms with Crippen molar-refractivity contribution in [1.82, 2.24) is 24.6 Å². The van der Waals surface area contributed by atoms with E-state index in [-0.39, 0.29) is 16.5 Å². The van der Waals surface area contributed by atoms with Crippen molar-refractivity contribution in [2.24, 2.45) is 0 Å². The van der Waals surface area contributed by atoms with E-state index in [1.807, 2.05) is 12.1 Å². The van der Waals surface area contributed by atoms with Crippen LogP contribution < -0.4 is 5.73 Å². The number of nitrogen functional groups attached to an aromatic ring is 1. The van der Waals surface area contributed by atoms with Gasteiger partial charge in [0.25, 0.3) is 0 Å². The van der Waals surface area contributed by atoms with E-state index in [0.717, 1.165) is 11.8 Å². The number of nitrogens with zero attached hydrogens (tertiary/aromatic N) is 6. The Labute approximate surface area is 116 Å². The Morgan fingerprint density at radius 3 is 2.95 bits per heavy atom. The Morgan fingerprint density at radius 2 is 2.15 bits per heavy atom. The maximum Gasteiger partial charge on any atom is 0.343 e. The molecule has 0 atom stereocenters. The minimum Gasteiger partial charge on any atom is -0.378 e. The largest absolute Gasteiger partial charge is 0.378 e. The molecular formula is C10H7N7O2S. The summed E-state index contributed by atoms with van der Waals surface area (Å²) in [6.45, 7) is 0. The Kier molecular flexibility index (Phi) is 2.91. The molecule has 20 heavy (non-hydrogen) atoms. The summed E-state index contributed by atoms with van der Waals surface area (Å²) < 4.78 is 1.70. The Morgan fingerprint density at radius 1 is 1.30 bits per heavy atom. The summed E-state index contributed by atoms with van der Waals surface area (Å²) in [5.74, 6) is -0.179. The highest BCUT2D eigenvalue weighted by Gasteiger charge is 2.23. The second-order valence-electron chi connectivity index (χ2n) is 3.68. The minimum absolute atomic E-state index is 0.126. The van der Waals surface area contributed by atoms with Crippen molar-refractivity contribution in [2.45, 2.75) is 10.2 Å². The molecule has 0 aromatic carbocycles. The van der Waals surface area contributed by atoms with Crippen LogP contribution in [0.5, 0.6) is 0 Å². The SMILES string of the molecule is Nc1ncnc(Sc2nnc3ccccn23)c1[N+](=O)[O-]. The second kappa shape index (κ2) is 4.74. The zero-order chi connectivity index (χ0) is 14.1. The highest BCUT2D eigenvalue weighted by atomic mass is 32.2. The summed E-state index contributed by atoms with van der Waals surface area (Å²) in [4.78, 5) is 17.9. The molecule has 3 heterocycles. The highest BCUT2D eigenvalue weighted by molar-refractivity contribution is 7.99. The molecule has 3 aromatic rings. The first-order chi connectivity index (χ1) is 9.66. The third-order valence-electron chi connectivity index (χ3n) is 2.47. The van der Waals surface area contributed by atoms with E-state index in [1.165, 1.54) is 6.33 Å². The van der Waals surface area contributed by atoms with Crippen molar-refractivity contribution in [3.8, 4) is 0 Å². The van der Waals surface area contributed by atoms with Gasteiger partial charge in [0, 0.05) is 6.20 Å². The van der Waals surface area contributed by atoms with Gasteiger partial charge in [0.15, 0.2) is 10.7 Å². The molecule has 0 radical (unpaired) electrons. The number of anilines is 1. The molecule has 0 aliphatic rings. The molecular weight excluding hydrogens is 282 g/mol. The number of nitro groups is 1. The van der Waals surface area contributed by atoms with E-state index < -0.39 is 4.92 Å². The van der Waals surface area contributed by atoms with Crippen LogP contribution in [0.3, 0.4) is 0 Å². The van der Waals surface area contributed by atoms with Gasteiger partial charge in [-0.2, -0.15) is 0 Å². The number of pyridine rings is 1. The number of nitrogens with two attached hydrogens (primary N) is 1. The highest BCUT2D eigenvalue weighted by Crippen LogP contribution is 2.34. The maximum atomic E-state index is 11.0. The van der Waals surface area contributed by atoms with E-state index in [0.29, 0.717) is 10.8 Å². The lowest BCUT2D eigenvalue weighted by Crippen LogP contribution is -2.02. The van der Waals surface area contributed by atoms with E-state index in [1.54, 1.807) is 16.7 Å². The quantitative estimate of drug-likeness (QED) is 0.432. The smallest absolute Gasteiger partial charge is 0.343 e. The van der Waals surface area contributed by atoms with E-state index >= 15 is 0 Å². The lowest BCUT2D eigenvalue weighted by molar-refractivity contribution is -0.387. The van der Waals surface area contributed by atoms with Gasteiger partial charge >= 0.3 is 5.69 Å². The minimum atomic E-state index is -0.610. The molecule has 0 saturated carbocycles. The van der Waals surface area contributed by atoms with Gasteiger partial charge in [-0.25, -0.2) is 9.97 Å². The van der Waals surface area contributed by atoms with Crippen LogP contribution in [0.1, 0.15) is 0 Å². The molecule has 0 fully saturated rings. The molecule has 0 amide bonds. The zero-order valence-electron chi connectivity index (χ0n) is 9.87. The van der Waals surface area contributed by atoms with Crippen molar-refractivity contribution in [2.75, 3.05) is 5.73 Å². The number of fused-ring (bicyclic) bond motifs is 1. The van der Waals surface area contributed by atoms with Crippen LogP contribution in [0.2, 0.25) is 0 Å². The molecule has 0 aliphatic heterocycles. The van der Waals surface area contributed by atoms with Gasteiger partial charge in [-0.1, -0.05) is 6.07 Å². The molecule has 9 nitrogen and oxygen atoms in total. The Balaban J connectivity index is 2.08. The number of hydrogen-bond donors (Lipinski definition) is 1. The lowest BCUT2D eigenvalue weighted by Gasteiger charge is -2.01. The van der Waals surface area contributed by atoms with Gasteiger partial charge in [-0.05, 0) is 23.9 Å². The van der Waals surface area contributed by atoms with Crippen molar-refractivity contribution in [1.29, 1.82) is 0 Å². The fraction of sp³-hybridized carbons (Fsp3) is 0. The predicted molar refractivity (Wildman–Crippen MR) is 70.2 cm³/mol. The van der Waals surface area contributed by atoms with Crippen LogP contribution in [0.15, 0.2) is 40.9 Å². The fourth-order valence-electron chi connectivity index (χ4n) is 1.60. The summed E-state index contributed by atoms with van der Waals surface area (Å²) in [6, 6.07) is 5.41. The zero-order valence-corrected chi connectivity index (χ0v) is 10.7. The van der Waals surface area contributed by atoms with E-state index in [4.69, 9.17) is 5.73 Å². The summed E-state index contributed by atoms with van der Waals surface area (Å²) in [6.07, 6.45) is 2.93. The first-order valence-corrected chi connectivity index (χ1v) is 6.21. The number of hydrogen-bond acceptors (Lipinski definition) is 8. The van der Waals surface area contributed by atoms with Crippen LogP contribution in [-0.4, -0.2) is 29.5 Å². The molecule has 0 bridgehead atoms. The monoisotopic (exact) mass is 289 g/mol. The van der Waals surface area contributed by atoms with Crippen molar-refractivity contribution in [3.05, 3.63) is 40.8 Å². The molecule has 10 heteroatoms. The molecule has 0 spiro atoms. The van der Waals surface area contributed by atoms with Crippen LogP contribution in [-0.2, 0) is 0 Å². The van der Waals surface area contributed by atoms with Crippen molar-refractivity contribution in [3.63, 3.8) is 0 Å². The van der Waals surface area contributed by atoms with Crippen LogP contribution in [0.25, 0.3) is 5.65 Å². The molecule has 3 aromatic heterocycles. The molecule has 3 rings (SSSR count). The second-order valence-corrected chi connectivity index (χ2v) is 4.64. The Hall–Kier alpha value is -2.75. The first kappa shape index (κ1) is 12.3. The summed E-state index contributed by atoms with van der Waals surface area (Å²) in [5, 5.41) is 19.5. The summed E-state index contributed by atoms with van der Waals surface area (Å²) in [5.41, 5.74) is 5.83. The normalized spacial score (nSPS) is 10.8. The number of rotatable bonds is 3. The van der Waals surface area contributed by atoms with Gasteiger partial charge in [0.05, 0.1) is 4.92 Å². The summed E-state index contributed by atoms with van der Waals surface area (Å²) >= 11 is 1.01. The predicted octanol–water partition coefficient (Wildman–Crippen LogP) is 1.16. The van der Waals surface area contributed by atoms with Crippen LogP contribution in [0, 0.1) is 10.1 Å². The van der Waals surface area contributed by atoms with Crippen LogP contribution >= 0.6 is 11.8 Å². The fourth-order valence-corrected chi connectivity index (χ4v) is 2.48. The van der Waals surface area contributed by atoms with E-state index in [9.17, 15) is 10.1 Å². The molecule has 0 saturated heterocycles. The van der Waals surface area contributed by atoms with Crippen LogP contribution in [0.4, 0.5) is 11.5 Å². The van der Waals surface area contributed by atoms with Gasteiger partial charge in [-0.3, -0.25) is 14.5 Å². The van der Waals surface area contributed by atoms with Gasteiger partial charge < -0.3 is 5.73 Å². The average Bonchev–Trinajstić information content (AvgIpc) is 2.82. The Bertz CT molecular complexity index is 803. The third kappa shape index (κ3) is 2.01. The number of aromatic nitrogens is 5. The topological polar surface area (TPSA) is 125 Å². The molecule has 2 N–H and O–H groups in total. The van der Waals surface area contributed by atoms with Crippen molar-refractivity contribution >= 4 is 28.9 Å². The van der Waals surface area contributed by atoms with Crippen molar-refractivity contribution < 1.29 is 4.92 Å². The molecule has 0 aliphatic carbocycles. The van der Waals surface area contributed by atoms with E-state index in [2.05, 4.69) is 20.2 Å². The lowest BCUT2D eigenvalue weighted by atomic mass is 10.5. The summed E-state index contributed by atoms with van der Waals surface area (Å²) in [7, 11) is 0. The van der Waals surface area contributed by atoms with Gasteiger partial charge in [0.2, 0.25) is 11.0 Å². The molecule has 100 valence electrons. The average molecular weight is 289 g/mol. The third-order valence-corrected chi connectivity index (χ3v) is 3.42. The standard InChI is InChI=1S/C10H7N7O2S/c11-8-7(17(18)19)9(13-5-12-8)20-10-15-14-6-3-1-2-4-16(6)10/h1-5H,(H2,11,12,13). The first-order valence-electron chi connectivity index (χ1n) is 5.39. The maximum absolute atomic E-state index is 11.0. The molecule has 0 unspecified atom stereocenters. The van der Waals surface area contributed by atoms with Gasteiger partial charge in [-0.15, -0.1) is 10.2 Å².